The molecule has 0 radical (unpaired) electrons. The Hall–Kier alpha value is -3.31. The predicted octanol–water partition coefficient (Wildman–Crippen LogP) is 5.76. The number of nitrogens with zero attached hydrogens (tertiary/aromatic N) is 2. The zero-order chi connectivity index (χ0) is 23.8. The van der Waals surface area contributed by atoms with Crippen LogP contribution in [0.25, 0.3) is 11.0 Å². The zero-order valence-corrected chi connectivity index (χ0v) is 20.2. The molecule has 1 heterocycles. The van der Waals surface area contributed by atoms with Crippen molar-refractivity contribution in [2.45, 2.75) is 39.2 Å². The Morgan fingerprint density at radius 1 is 1.00 bits per heavy atom. The van der Waals surface area contributed by atoms with Gasteiger partial charge in [-0.1, -0.05) is 60.1 Å². The van der Waals surface area contributed by atoms with E-state index < -0.39 is 0 Å². The Bertz CT molecular complexity index is 1250. The number of fused-ring (bicyclic) bond motifs is 1. The van der Waals surface area contributed by atoms with Crippen LogP contribution in [0.2, 0.25) is 5.02 Å². The highest BCUT2D eigenvalue weighted by molar-refractivity contribution is 6.32. The molecule has 0 saturated heterocycles. The number of carbonyl (C=O) groups excluding carboxylic acids is 1. The molecular formula is C28H30ClN3O2. The van der Waals surface area contributed by atoms with Crippen molar-refractivity contribution in [3.05, 3.63) is 94.8 Å². The van der Waals surface area contributed by atoms with E-state index in [1.54, 1.807) is 0 Å². The van der Waals surface area contributed by atoms with Gasteiger partial charge in [-0.15, -0.1) is 0 Å². The third-order valence-electron chi connectivity index (χ3n) is 5.89. The van der Waals surface area contributed by atoms with Crippen LogP contribution in [0.5, 0.6) is 5.75 Å². The topological polar surface area (TPSA) is 56.2 Å². The lowest BCUT2D eigenvalue weighted by Gasteiger charge is -2.11. The fourth-order valence-corrected chi connectivity index (χ4v) is 4.23. The van der Waals surface area contributed by atoms with Crippen LogP contribution in [-0.4, -0.2) is 28.6 Å². The highest BCUT2D eigenvalue weighted by atomic mass is 35.5. The Kier molecular flexibility index (Phi) is 8.21. The molecule has 1 amide bonds. The minimum atomic E-state index is 0.0358. The first-order valence-corrected chi connectivity index (χ1v) is 12.1. The number of rotatable bonds is 11. The van der Waals surface area contributed by atoms with Gasteiger partial charge < -0.3 is 14.6 Å². The molecule has 176 valence electrons. The molecular weight excluding hydrogens is 446 g/mol. The number of hydrogen-bond acceptors (Lipinski definition) is 3. The van der Waals surface area contributed by atoms with E-state index >= 15 is 0 Å². The van der Waals surface area contributed by atoms with Gasteiger partial charge in [-0.2, -0.15) is 0 Å². The molecule has 0 fully saturated rings. The van der Waals surface area contributed by atoms with Crippen molar-refractivity contribution in [2.75, 3.05) is 13.2 Å². The number of benzene rings is 3. The first kappa shape index (κ1) is 23.8. The summed E-state index contributed by atoms with van der Waals surface area (Å²) >= 11 is 6.16. The maximum Gasteiger partial charge on any atom is 0.224 e. The van der Waals surface area contributed by atoms with E-state index in [9.17, 15) is 4.79 Å². The van der Waals surface area contributed by atoms with E-state index in [0.717, 1.165) is 53.1 Å². The second kappa shape index (κ2) is 11.7. The molecule has 6 heteroatoms. The van der Waals surface area contributed by atoms with Crippen LogP contribution < -0.4 is 10.1 Å². The Balaban J connectivity index is 1.31. The lowest BCUT2D eigenvalue weighted by atomic mass is 10.1. The molecule has 0 bridgehead atoms. The molecule has 34 heavy (non-hydrogen) atoms. The lowest BCUT2D eigenvalue weighted by molar-refractivity contribution is -0.120. The fraction of sp³-hybridized carbons (Fsp3) is 0.286. The quantitative estimate of drug-likeness (QED) is 0.281. The molecule has 4 aromatic rings. The van der Waals surface area contributed by atoms with Crippen molar-refractivity contribution in [1.29, 1.82) is 0 Å². The number of aryl methyl sites for hydroxylation is 2. The Morgan fingerprint density at radius 2 is 1.76 bits per heavy atom. The van der Waals surface area contributed by atoms with E-state index in [4.69, 9.17) is 21.3 Å². The summed E-state index contributed by atoms with van der Waals surface area (Å²) in [7, 11) is 0. The first-order valence-electron chi connectivity index (χ1n) is 11.7. The molecule has 0 spiro atoms. The average Bonchev–Trinajstić information content (AvgIpc) is 3.19. The number of nitrogens with one attached hydrogen (secondary N) is 1. The second-order valence-electron chi connectivity index (χ2n) is 8.36. The summed E-state index contributed by atoms with van der Waals surface area (Å²) < 4.78 is 8.08. The predicted molar refractivity (Wildman–Crippen MR) is 138 cm³/mol. The maximum atomic E-state index is 12.4. The van der Waals surface area contributed by atoms with E-state index in [1.807, 2.05) is 73.7 Å². The molecule has 4 rings (SSSR count). The molecule has 0 aliphatic heterocycles. The molecule has 1 aromatic heterocycles. The summed E-state index contributed by atoms with van der Waals surface area (Å²) in [4.78, 5) is 17.3. The fourth-order valence-electron chi connectivity index (χ4n) is 4.04. The standard InChI is InChI=1S/C28H30ClN3O2/c1-21-10-2-3-11-22(21)20-28(33)30-17-16-27-31-24-13-5-6-14-25(24)32(27)18-8-9-19-34-26-15-7-4-12-23(26)29/h2-7,10-15H,8-9,16-20H2,1H3,(H,30,33). The minimum absolute atomic E-state index is 0.0358. The van der Waals surface area contributed by atoms with Gasteiger partial charge in [0.1, 0.15) is 11.6 Å². The Labute approximate surface area is 205 Å². The number of carbonyl (C=O) groups is 1. The van der Waals surface area contributed by atoms with Crippen molar-refractivity contribution in [3.63, 3.8) is 0 Å². The Morgan fingerprint density at radius 3 is 2.62 bits per heavy atom. The number of unbranched alkanes of at least 4 members (excludes halogenated alkanes) is 1. The number of imidazole rings is 1. The maximum absolute atomic E-state index is 12.4. The SMILES string of the molecule is Cc1ccccc1CC(=O)NCCc1nc2ccccc2n1CCCCOc1ccccc1Cl. The third-order valence-corrected chi connectivity index (χ3v) is 6.20. The van der Waals surface area contributed by atoms with Crippen LogP contribution in [0.1, 0.15) is 29.8 Å². The van der Waals surface area contributed by atoms with Crippen molar-refractivity contribution >= 4 is 28.5 Å². The van der Waals surface area contributed by atoms with Gasteiger partial charge in [-0.25, -0.2) is 4.98 Å². The van der Waals surface area contributed by atoms with Crippen molar-refractivity contribution in [2.24, 2.45) is 0 Å². The third kappa shape index (κ3) is 6.17. The van der Waals surface area contributed by atoms with Crippen molar-refractivity contribution < 1.29 is 9.53 Å². The molecule has 5 nitrogen and oxygen atoms in total. The molecule has 0 aliphatic rings. The van der Waals surface area contributed by atoms with Crippen molar-refractivity contribution in [3.8, 4) is 5.75 Å². The summed E-state index contributed by atoms with van der Waals surface area (Å²) in [6, 6.07) is 23.7. The summed E-state index contributed by atoms with van der Waals surface area (Å²) in [5.74, 6) is 1.75. The van der Waals surface area contributed by atoms with Crippen LogP contribution in [0.3, 0.4) is 0 Å². The number of ether oxygens (including phenoxy) is 1. The molecule has 0 saturated carbocycles. The number of hydrogen-bond donors (Lipinski definition) is 1. The summed E-state index contributed by atoms with van der Waals surface area (Å²) in [5.41, 5.74) is 4.30. The van der Waals surface area contributed by atoms with Crippen molar-refractivity contribution in [1.82, 2.24) is 14.9 Å². The van der Waals surface area contributed by atoms with Crippen LogP contribution >= 0.6 is 11.6 Å². The van der Waals surface area contributed by atoms with Crippen LogP contribution in [0, 0.1) is 6.92 Å². The van der Waals surface area contributed by atoms with Gasteiger partial charge in [0.2, 0.25) is 5.91 Å². The lowest BCUT2D eigenvalue weighted by Crippen LogP contribution is -2.28. The normalized spacial score (nSPS) is 11.0. The van der Waals surface area contributed by atoms with Gasteiger partial charge in [-0.05, 0) is 55.2 Å². The monoisotopic (exact) mass is 475 g/mol. The minimum Gasteiger partial charge on any atom is -0.492 e. The van der Waals surface area contributed by atoms with Gasteiger partial charge >= 0.3 is 0 Å². The first-order chi connectivity index (χ1) is 16.6. The van der Waals surface area contributed by atoms with E-state index in [1.165, 1.54) is 0 Å². The van der Waals surface area contributed by atoms with Gasteiger partial charge in [0.25, 0.3) is 0 Å². The average molecular weight is 476 g/mol. The summed E-state index contributed by atoms with van der Waals surface area (Å²) in [6.07, 6.45) is 2.95. The number of halogens is 1. The van der Waals surface area contributed by atoms with E-state index in [-0.39, 0.29) is 5.91 Å². The smallest absolute Gasteiger partial charge is 0.224 e. The van der Waals surface area contributed by atoms with E-state index in [0.29, 0.717) is 31.0 Å². The molecule has 0 aliphatic carbocycles. The van der Waals surface area contributed by atoms with Crippen LogP contribution in [-0.2, 0) is 24.2 Å². The van der Waals surface area contributed by atoms with E-state index in [2.05, 4.69) is 16.0 Å². The second-order valence-corrected chi connectivity index (χ2v) is 8.76. The molecule has 0 atom stereocenters. The molecule has 1 N–H and O–H groups in total. The van der Waals surface area contributed by atoms with Crippen LogP contribution in [0.4, 0.5) is 0 Å². The van der Waals surface area contributed by atoms with Gasteiger partial charge in [0.05, 0.1) is 29.1 Å². The number of amides is 1. The zero-order valence-electron chi connectivity index (χ0n) is 19.5. The number of aromatic nitrogens is 2. The largest absolute Gasteiger partial charge is 0.492 e. The summed E-state index contributed by atoms with van der Waals surface area (Å²) in [5, 5.41) is 3.69. The van der Waals surface area contributed by atoms with Crippen LogP contribution in [0.15, 0.2) is 72.8 Å². The highest BCUT2D eigenvalue weighted by Crippen LogP contribution is 2.23. The van der Waals surface area contributed by atoms with Gasteiger partial charge in [0.15, 0.2) is 0 Å². The summed E-state index contributed by atoms with van der Waals surface area (Å²) in [6.45, 7) is 4.05. The van der Waals surface area contributed by atoms with Gasteiger partial charge in [0, 0.05) is 19.5 Å². The van der Waals surface area contributed by atoms with Gasteiger partial charge in [-0.3, -0.25) is 4.79 Å². The molecule has 0 unspecified atom stereocenters. The highest BCUT2D eigenvalue weighted by Gasteiger charge is 2.11. The number of para-hydroxylation sites is 3. The molecule has 3 aromatic carbocycles.